The number of nitrogens with zero attached hydrogens (tertiary/aromatic N) is 5. The molecule has 7 heteroatoms. The Kier molecular flexibility index (Phi) is 1.98. The molecule has 1 aliphatic rings. The lowest BCUT2D eigenvalue weighted by Crippen LogP contribution is -2.53. The van der Waals surface area contributed by atoms with Gasteiger partial charge >= 0.3 is 5.91 Å². The molecule has 120 valence electrons. The van der Waals surface area contributed by atoms with Crippen molar-refractivity contribution < 1.29 is 18.5 Å². The average Bonchev–Trinajstić information content (AvgIpc) is 3.13. The maximum atomic E-state index is 12.7. The quantitative estimate of drug-likeness (QED) is 0.871. The molecule has 1 fully saturated rings. The first kappa shape index (κ1) is 7.30. The molecule has 1 saturated heterocycles. The number of carbonyl (C=O) groups is 1. The van der Waals surface area contributed by atoms with Gasteiger partial charge in [-0.25, -0.2) is 16.5 Å². The molecule has 1 N–H and O–H groups in total. The summed E-state index contributed by atoms with van der Waals surface area (Å²) in [5.74, 6) is -4.27. The molecule has 2 atom stereocenters. The molecule has 0 radical (unpaired) electrons. The van der Waals surface area contributed by atoms with Crippen LogP contribution in [0, 0.1) is 12.5 Å². The molecule has 3 rings (SSSR count). The zero-order chi connectivity index (χ0) is 25.2. The molecule has 0 unspecified atom stereocenters. The summed E-state index contributed by atoms with van der Waals surface area (Å²) in [6.07, 6.45) is 0.349. The van der Waals surface area contributed by atoms with Crippen molar-refractivity contribution in [3.8, 4) is 0 Å². The van der Waals surface area contributed by atoms with E-state index in [1.165, 1.54) is 12.3 Å². The highest BCUT2D eigenvalue weighted by Crippen LogP contribution is 2.28. The summed E-state index contributed by atoms with van der Waals surface area (Å²) in [4.78, 5) is 26.2. The van der Waals surface area contributed by atoms with Crippen molar-refractivity contribution in [1.82, 2.24) is 19.9 Å². The van der Waals surface area contributed by atoms with Gasteiger partial charge in [-0.3, -0.25) is 4.79 Å². The first-order valence-electron chi connectivity index (χ1n) is 11.7. The largest absolute Gasteiger partial charge is 0.354 e. The number of piperidine rings is 1. The fourth-order valence-corrected chi connectivity index (χ4v) is 2.27. The van der Waals surface area contributed by atoms with Crippen LogP contribution < -0.4 is 4.90 Å². The van der Waals surface area contributed by atoms with E-state index in [9.17, 15) is 4.79 Å². The number of aromatic nitrogens is 3. The van der Waals surface area contributed by atoms with Crippen molar-refractivity contribution in [2.45, 2.75) is 19.4 Å². The molecule has 3 heterocycles. The van der Waals surface area contributed by atoms with E-state index in [4.69, 9.17) is 20.3 Å². The molecular formula is C16H20N6O. The van der Waals surface area contributed by atoms with Gasteiger partial charge in [-0.1, -0.05) is 6.92 Å². The number of likely N-dealkylation sites (tertiary alicyclic amines) is 1. The standard InChI is InChI=1S/C16H20N6O/c1-11-5-7-22(14(23)8-17-2)9-13(11)21(3)16-12-4-6-18-15(12)19-10-20-16/h4,6,10-11,13H,5,7-9H2,1,3H3,(H,18,19,20)/t11-,13+/m1/s1/i3D3,8D2,9D2,10D,11D,13D. The third-order valence-electron chi connectivity index (χ3n) is 3.47. The Morgan fingerprint density at radius 2 is 2.70 bits per heavy atom. The Bertz CT molecular complexity index is 1140. The molecular weight excluding hydrogens is 292 g/mol. The van der Waals surface area contributed by atoms with E-state index in [0.29, 0.717) is 4.90 Å². The zero-order valence-corrected chi connectivity index (χ0v) is 12.2. The highest BCUT2D eigenvalue weighted by Gasteiger charge is 2.33. The second kappa shape index (κ2) is 6.24. The zero-order valence-electron chi connectivity index (χ0n) is 22.2. The lowest BCUT2D eigenvalue weighted by atomic mass is 9.92. The molecule has 1 amide bonds. The van der Waals surface area contributed by atoms with Crippen molar-refractivity contribution in [3.63, 3.8) is 0 Å². The van der Waals surface area contributed by atoms with E-state index in [1.807, 2.05) is 0 Å². The smallest absolute Gasteiger partial charge is 0.302 e. The van der Waals surface area contributed by atoms with E-state index >= 15 is 0 Å². The number of H-pyrrole nitrogens is 1. The molecule has 0 bridgehead atoms. The van der Waals surface area contributed by atoms with Crippen LogP contribution in [0.4, 0.5) is 5.82 Å². The predicted molar refractivity (Wildman–Crippen MR) is 87.9 cm³/mol. The Labute approximate surface area is 149 Å². The van der Waals surface area contributed by atoms with Crippen molar-refractivity contribution in [3.05, 3.63) is 30.0 Å². The number of nitrogens with one attached hydrogen (secondary N) is 1. The summed E-state index contributed by atoms with van der Waals surface area (Å²) in [6.45, 7) is -2.18. The Morgan fingerprint density at radius 3 is 3.48 bits per heavy atom. The lowest BCUT2D eigenvalue weighted by Gasteiger charge is -2.41. The minimum Gasteiger partial charge on any atom is -0.354 e. The fourth-order valence-electron chi connectivity index (χ4n) is 2.27. The molecule has 2 aromatic rings. The van der Waals surface area contributed by atoms with E-state index < -0.39 is 62.9 Å². The molecule has 2 aromatic heterocycles. The minimum absolute atomic E-state index is 0.0419. The van der Waals surface area contributed by atoms with Crippen molar-refractivity contribution in [2.24, 2.45) is 5.89 Å². The number of aromatic amines is 1. The van der Waals surface area contributed by atoms with Gasteiger partial charge in [0.15, 0.2) is 0 Å². The van der Waals surface area contributed by atoms with Gasteiger partial charge in [0.05, 0.1) is 15.5 Å². The van der Waals surface area contributed by atoms with Crippen LogP contribution in [-0.2, 0) is 4.79 Å². The van der Waals surface area contributed by atoms with Crippen LogP contribution in [0.25, 0.3) is 15.9 Å². The Balaban J connectivity index is 2.34. The summed E-state index contributed by atoms with van der Waals surface area (Å²) >= 11 is 0. The van der Waals surface area contributed by atoms with Crippen LogP contribution in [0.15, 0.2) is 18.6 Å². The van der Waals surface area contributed by atoms with Crippen LogP contribution in [-0.4, -0.2) is 58.3 Å². The van der Waals surface area contributed by atoms with Gasteiger partial charge in [0.1, 0.15) is 21.9 Å². The number of fused-ring (bicyclic) bond motifs is 1. The lowest BCUT2D eigenvalue weighted by molar-refractivity contribution is -0.130. The van der Waals surface area contributed by atoms with E-state index in [1.54, 1.807) is 0 Å². The van der Waals surface area contributed by atoms with Crippen LogP contribution >= 0.6 is 0 Å². The number of carbonyl (C=O) groups excluding carboxylic acids is 1. The highest BCUT2D eigenvalue weighted by atomic mass is 16.2. The van der Waals surface area contributed by atoms with Crippen molar-refractivity contribution in [1.29, 1.82) is 0 Å². The second-order valence-corrected chi connectivity index (χ2v) is 4.89. The number of anilines is 1. The van der Waals surface area contributed by atoms with Gasteiger partial charge < -0.3 is 19.6 Å². The number of hydrogen-bond donors (Lipinski definition) is 1. The van der Waals surface area contributed by atoms with Crippen molar-refractivity contribution >= 4 is 22.8 Å². The van der Waals surface area contributed by atoms with Gasteiger partial charge in [-0.05, 0) is 18.4 Å². The summed E-state index contributed by atoms with van der Waals surface area (Å²) in [6, 6.07) is -1.71. The SMILES string of the molecule is [2H]c1nc(N(C([2H])([2H])[2H])[C@@]2([2H])C([2H])([2H])N(C(=O)C([2H])([2H])[N+]#[C-])CC[C@@]2([2H])C)c2cc[nH]c2n1. The topological polar surface area (TPSA) is 69.5 Å². The van der Waals surface area contributed by atoms with Gasteiger partial charge in [-0.15, -0.1) is 0 Å². The van der Waals surface area contributed by atoms with Crippen LogP contribution in [0.1, 0.15) is 27.1 Å². The van der Waals surface area contributed by atoms with Gasteiger partial charge in [0.2, 0.25) is 0 Å². The minimum atomic E-state index is -3.28. The number of likely N-dealkylation sites (N-methyl/N-ethyl adjacent to an activating group) is 1. The maximum absolute atomic E-state index is 12.7. The molecule has 0 spiro atoms. The fraction of sp³-hybridized carbons (Fsp3) is 0.500. The van der Waals surface area contributed by atoms with Crippen LogP contribution in [0.3, 0.4) is 0 Å². The van der Waals surface area contributed by atoms with Gasteiger partial charge in [0, 0.05) is 31.7 Å². The molecule has 7 nitrogen and oxygen atoms in total. The number of hydrogen-bond acceptors (Lipinski definition) is 4. The van der Waals surface area contributed by atoms with E-state index in [-0.39, 0.29) is 15.9 Å². The van der Waals surface area contributed by atoms with Crippen LogP contribution in [0.5, 0.6) is 0 Å². The van der Waals surface area contributed by atoms with Gasteiger partial charge in [-0.2, -0.15) is 0 Å². The summed E-state index contributed by atoms with van der Waals surface area (Å²) in [5, 5.41) is 0.0419. The Hall–Kier alpha value is -2.62. The number of rotatable bonds is 3. The first-order chi connectivity index (χ1) is 14.9. The maximum Gasteiger partial charge on any atom is 0.302 e. The second-order valence-electron chi connectivity index (χ2n) is 4.89. The molecule has 23 heavy (non-hydrogen) atoms. The average molecular weight is 322 g/mol. The molecule has 1 aliphatic heterocycles. The first-order valence-corrected chi connectivity index (χ1v) is 6.74. The predicted octanol–water partition coefficient (Wildman–Crippen LogP) is 1.55. The highest BCUT2D eigenvalue weighted by molar-refractivity contribution is 5.87. The molecule has 0 saturated carbocycles. The molecule has 0 aliphatic carbocycles. The number of amides is 1. The van der Waals surface area contributed by atoms with E-state index in [2.05, 4.69) is 19.8 Å². The summed E-state index contributed by atoms with van der Waals surface area (Å²) in [5.41, 5.74) is 0.0446. The van der Waals surface area contributed by atoms with Crippen LogP contribution in [0.2, 0.25) is 0 Å². The normalized spacial score (nSPS) is 37.3. The van der Waals surface area contributed by atoms with Gasteiger partial charge in [0.25, 0.3) is 6.50 Å². The molecule has 0 aromatic carbocycles. The Morgan fingerprint density at radius 1 is 1.83 bits per heavy atom. The van der Waals surface area contributed by atoms with E-state index in [0.717, 1.165) is 6.92 Å². The summed E-state index contributed by atoms with van der Waals surface area (Å²) in [7, 11) is 0. The summed E-state index contributed by atoms with van der Waals surface area (Å²) < 4.78 is 82.6. The third kappa shape index (κ3) is 2.84. The van der Waals surface area contributed by atoms with Crippen molar-refractivity contribution in [2.75, 3.05) is 31.4 Å². The third-order valence-corrected chi connectivity index (χ3v) is 3.47. The monoisotopic (exact) mass is 322 g/mol.